The van der Waals surface area contributed by atoms with Gasteiger partial charge in [0.2, 0.25) is 0 Å². The van der Waals surface area contributed by atoms with Gasteiger partial charge < -0.3 is 5.32 Å². The molecule has 0 radical (unpaired) electrons. The van der Waals surface area contributed by atoms with E-state index in [-0.39, 0.29) is 0 Å². The highest BCUT2D eigenvalue weighted by Gasteiger charge is 2.30. The summed E-state index contributed by atoms with van der Waals surface area (Å²) < 4.78 is 10.9. The van der Waals surface area contributed by atoms with E-state index in [9.17, 15) is 4.21 Å². The molecule has 0 saturated heterocycles. The molecule has 2 atom stereocenters. The van der Waals surface area contributed by atoms with Crippen LogP contribution >= 0.6 is 0 Å². The standard InChI is InChI=1S/C8H17NOS/c1-3-9-8(6-11(2)10)7-4-5-7/h7-9H,3-6H2,1-2H3. The van der Waals surface area contributed by atoms with Crippen LogP contribution < -0.4 is 5.32 Å². The van der Waals surface area contributed by atoms with Crippen molar-refractivity contribution in [3.63, 3.8) is 0 Å². The van der Waals surface area contributed by atoms with Gasteiger partial charge in [-0.3, -0.25) is 4.21 Å². The molecule has 0 aromatic carbocycles. The summed E-state index contributed by atoms with van der Waals surface area (Å²) in [5, 5.41) is 3.38. The van der Waals surface area contributed by atoms with Crippen molar-refractivity contribution in [2.75, 3.05) is 18.6 Å². The SMILES string of the molecule is CCNC(CS(C)=O)C1CC1. The summed E-state index contributed by atoms with van der Waals surface area (Å²) in [6, 6.07) is 0.519. The first-order valence-electron chi connectivity index (χ1n) is 4.27. The molecule has 1 rings (SSSR count). The van der Waals surface area contributed by atoms with Gasteiger partial charge in [0, 0.05) is 28.9 Å². The van der Waals surface area contributed by atoms with Crippen LogP contribution in [0.2, 0.25) is 0 Å². The summed E-state index contributed by atoms with van der Waals surface area (Å²) in [6.45, 7) is 3.10. The van der Waals surface area contributed by atoms with E-state index in [0.29, 0.717) is 6.04 Å². The molecule has 3 heteroatoms. The second-order valence-corrected chi connectivity index (χ2v) is 4.72. The molecule has 66 valence electrons. The van der Waals surface area contributed by atoms with Gasteiger partial charge in [-0.1, -0.05) is 6.92 Å². The maximum atomic E-state index is 10.9. The van der Waals surface area contributed by atoms with Crippen LogP contribution in [0.15, 0.2) is 0 Å². The molecule has 0 heterocycles. The van der Waals surface area contributed by atoms with E-state index in [1.807, 2.05) is 0 Å². The Labute approximate surface area is 71.2 Å². The Hall–Kier alpha value is 0.110. The van der Waals surface area contributed by atoms with Crippen molar-refractivity contribution in [1.82, 2.24) is 5.32 Å². The molecular formula is C8H17NOS. The summed E-state index contributed by atoms with van der Waals surface area (Å²) in [6.07, 6.45) is 4.44. The second kappa shape index (κ2) is 4.21. The lowest BCUT2D eigenvalue weighted by Crippen LogP contribution is -2.35. The van der Waals surface area contributed by atoms with Gasteiger partial charge in [-0.15, -0.1) is 0 Å². The zero-order valence-corrected chi connectivity index (χ0v) is 8.12. The maximum absolute atomic E-state index is 10.9. The summed E-state index contributed by atoms with van der Waals surface area (Å²) in [5.74, 6) is 1.65. The van der Waals surface area contributed by atoms with Crippen LogP contribution in [0.3, 0.4) is 0 Å². The predicted octanol–water partition coefficient (Wildman–Crippen LogP) is 0.753. The number of nitrogens with one attached hydrogen (secondary N) is 1. The van der Waals surface area contributed by atoms with E-state index in [1.165, 1.54) is 12.8 Å². The topological polar surface area (TPSA) is 29.1 Å². The average molecular weight is 175 g/mol. The summed E-state index contributed by atoms with van der Waals surface area (Å²) in [5.41, 5.74) is 0. The molecule has 0 aromatic heterocycles. The van der Waals surface area contributed by atoms with Crippen molar-refractivity contribution in [2.24, 2.45) is 5.92 Å². The molecule has 1 N–H and O–H groups in total. The van der Waals surface area contributed by atoms with Crippen molar-refractivity contribution in [2.45, 2.75) is 25.8 Å². The monoisotopic (exact) mass is 175 g/mol. The Morgan fingerprint density at radius 3 is 2.64 bits per heavy atom. The van der Waals surface area contributed by atoms with Gasteiger partial charge in [-0.2, -0.15) is 0 Å². The van der Waals surface area contributed by atoms with Crippen molar-refractivity contribution < 1.29 is 4.21 Å². The van der Waals surface area contributed by atoms with Crippen LogP contribution in [-0.4, -0.2) is 28.8 Å². The lowest BCUT2D eigenvalue weighted by Gasteiger charge is -2.14. The summed E-state index contributed by atoms with van der Waals surface area (Å²) in [4.78, 5) is 0. The Bertz CT molecular complexity index is 145. The van der Waals surface area contributed by atoms with Gasteiger partial charge in [0.15, 0.2) is 0 Å². The minimum absolute atomic E-state index is 0.519. The number of rotatable bonds is 5. The Kier molecular flexibility index (Phi) is 3.52. The van der Waals surface area contributed by atoms with E-state index >= 15 is 0 Å². The van der Waals surface area contributed by atoms with E-state index in [4.69, 9.17) is 0 Å². The fraction of sp³-hybridized carbons (Fsp3) is 1.00. The number of hydrogen-bond donors (Lipinski definition) is 1. The van der Waals surface area contributed by atoms with E-state index in [2.05, 4.69) is 12.2 Å². The molecule has 1 saturated carbocycles. The first-order chi connectivity index (χ1) is 5.24. The van der Waals surface area contributed by atoms with Gasteiger partial charge >= 0.3 is 0 Å². The molecule has 11 heavy (non-hydrogen) atoms. The molecule has 0 bridgehead atoms. The minimum Gasteiger partial charge on any atom is -0.313 e. The van der Waals surface area contributed by atoms with E-state index in [1.54, 1.807) is 6.26 Å². The molecule has 1 fully saturated rings. The highest BCUT2D eigenvalue weighted by molar-refractivity contribution is 7.84. The zero-order valence-electron chi connectivity index (χ0n) is 7.30. The first-order valence-corrected chi connectivity index (χ1v) is 6.00. The van der Waals surface area contributed by atoms with Crippen LogP contribution in [0.4, 0.5) is 0 Å². The quantitative estimate of drug-likeness (QED) is 0.668. The smallest absolute Gasteiger partial charge is 0.0388 e. The molecule has 1 aliphatic rings. The van der Waals surface area contributed by atoms with Crippen LogP contribution in [0.25, 0.3) is 0 Å². The van der Waals surface area contributed by atoms with E-state index in [0.717, 1.165) is 18.2 Å². The van der Waals surface area contributed by atoms with Crippen LogP contribution in [-0.2, 0) is 10.8 Å². The molecule has 1 aliphatic carbocycles. The van der Waals surface area contributed by atoms with Crippen molar-refractivity contribution in [1.29, 1.82) is 0 Å². The van der Waals surface area contributed by atoms with Crippen molar-refractivity contribution in [3.8, 4) is 0 Å². The molecule has 0 spiro atoms. The van der Waals surface area contributed by atoms with Crippen molar-refractivity contribution >= 4 is 10.8 Å². The molecule has 0 aliphatic heterocycles. The molecule has 0 amide bonds. The third-order valence-electron chi connectivity index (χ3n) is 2.07. The molecule has 2 unspecified atom stereocenters. The third-order valence-corrected chi connectivity index (χ3v) is 2.90. The molecular weight excluding hydrogens is 158 g/mol. The lowest BCUT2D eigenvalue weighted by atomic mass is 10.2. The van der Waals surface area contributed by atoms with Gasteiger partial charge in [-0.25, -0.2) is 0 Å². The zero-order chi connectivity index (χ0) is 8.27. The number of hydrogen-bond acceptors (Lipinski definition) is 2. The Balaban J connectivity index is 2.26. The Morgan fingerprint density at radius 1 is 1.64 bits per heavy atom. The van der Waals surface area contributed by atoms with Crippen LogP contribution in [0.5, 0.6) is 0 Å². The fourth-order valence-corrected chi connectivity index (χ4v) is 2.27. The summed E-state index contributed by atoms with van der Waals surface area (Å²) in [7, 11) is -0.640. The summed E-state index contributed by atoms with van der Waals surface area (Å²) >= 11 is 0. The Morgan fingerprint density at radius 2 is 2.27 bits per heavy atom. The molecule has 2 nitrogen and oxygen atoms in total. The van der Waals surface area contributed by atoms with Crippen LogP contribution in [0.1, 0.15) is 19.8 Å². The lowest BCUT2D eigenvalue weighted by molar-refractivity contribution is 0.514. The van der Waals surface area contributed by atoms with E-state index < -0.39 is 10.8 Å². The predicted molar refractivity (Wildman–Crippen MR) is 49.1 cm³/mol. The minimum atomic E-state index is -0.640. The fourth-order valence-electron chi connectivity index (χ4n) is 1.38. The van der Waals surface area contributed by atoms with Gasteiger partial charge in [-0.05, 0) is 25.3 Å². The van der Waals surface area contributed by atoms with Crippen LogP contribution in [0, 0.1) is 5.92 Å². The average Bonchev–Trinajstić information content (AvgIpc) is 2.66. The molecule has 0 aromatic rings. The second-order valence-electron chi connectivity index (χ2n) is 3.24. The maximum Gasteiger partial charge on any atom is 0.0388 e. The van der Waals surface area contributed by atoms with Gasteiger partial charge in [0.1, 0.15) is 0 Å². The highest BCUT2D eigenvalue weighted by Crippen LogP contribution is 2.32. The first kappa shape index (κ1) is 9.20. The third kappa shape index (κ3) is 3.34. The normalized spacial score (nSPS) is 23.1. The highest BCUT2D eigenvalue weighted by atomic mass is 32.2. The largest absolute Gasteiger partial charge is 0.313 e. The van der Waals surface area contributed by atoms with Gasteiger partial charge in [0.25, 0.3) is 0 Å². The van der Waals surface area contributed by atoms with Gasteiger partial charge in [0.05, 0.1) is 0 Å². The van der Waals surface area contributed by atoms with Crippen molar-refractivity contribution in [3.05, 3.63) is 0 Å².